The molecule has 3 aromatic rings. The molecule has 1 N–H and O–H groups in total. The van der Waals surface area contributed by atoms with Gasteiger partial charge in [0.2, 0.25) is 5.78 Å². The Labute approximate surface area is 167 Å². The maximum absolute atomic E-state index is 12.6. The number of aromatic nitrogens is 1. The first-order valence-corrected chi connectivity index (χ1v) is 9.74. The van der Waals surface area contributed by atoms with Crippen molar-refractivity contribution in [2.75, 3.05) is 7.11 Å². The number of alkyl halides is 3. The van der Waals surface area contributed by atoms with Crippen LogP contribution in [0.2, 0.25) is 0 Å². The SMILES string of the molecule is COc1ccc2[nH]cc(/C=C3/Oc4cc(OS(=O)(=O)C(F)(F)F)ccc4C3=O)c2c1. The molecule has 0 radical (unpaired) electrons. The molecule has 0 unspecified atom stereocenters. The van der Waals surface area contributed by atoms with Crippen molar-refractivity contribution in [2.24, 2.45) is 0 Å². The molecule has 30 heavy (non-hydrogen) atoms. The third kappa shape index (κ3) is 3.36. The molecule has 0 spiro atoms. The monoisotopic (exact) mass is 439 g/mol. The van der Waals surface area contributed by atoms with E-state index < -0.39 is 27.2 Å². The Bertz CT molecular complexity index is 1310. The summed E-state index contributed by atoms with van der Waals surface area (Å²) in [6.45, 7) is 0. The summed E-state index contributed by atoms with van der Waals surface area (Å²) in [5.41, 5.74) is -4.10. The maximum atomic E-state index is 12.6. The van der Waals surface area contributed by atoms with E-state index in [4.69, 9.17) is 9.47 Å². The van der Waals surface area contributed by atoms with Crippen LogP contribution in [0.15, 0.2) is 48.4 Å². The second-order valence-electron chi connectivity index (χ2n) is 6.24. The number of nitrogens with one attached hydrogen (secondary N) is 1. The van der Waals surface area contributed by atoms with Crippen molar-refractivity contribution < 1.29 is 40.0 Å². The Kier molecular flexibility index (Phi) is 4.49. The zero-order valence-electron chi connectivity index (χ0n) is 15.1. The van der Waals surface area contributed by atoms with Gasteiger partial charge in [-0.15, -0.1) is 0 Å². The highest BCUT2D eigenvalue weighted by atomic mass is 32.2. The lowest BCUT2D eigenvalue weighted by atomic mass is 10.1. The number of allylic oxidation sites excluding steroid dienone is 1. The molecular formula is C19H12F3NO6S. The number of fused-ring (bicyclic) bond motifs is 2. The van der Waals surface area contributed by atoms with Crippen LogP contribution in [0, 0.1) is 0 Å². The molecule has 0 amide bonds. The third-order valence-electron chi connectivity index (χ3n) is 4.34. The Morgan fingerprint density at radius 2 is 1.83 bits per heavy atom. The van der Waals surface area contributed by atoms with E-state index in [1.165, 1.54) is 13.2 Å². The van der Waals surface area contributed by atoms with Crippen molar-refractivity contribution >= 4 is 32.9 Å². The quantitative estimate of drug-likeness (QED) is 0.375. The van der Waals surface area contributed by atoms with Gasteiger partial charge in [0.05, 0.1) is 12.7 Å². The number of carbonyl (C=O) groups is 1. The molecule has 0 saturated heterocycles. The average molecular weight is 439 g/mol. The number of H-pyrrole nitrogens is 1. The van der Waals surface area contributed by atoms with E-state index in [1.54, 1.807) is 24.4 Å². The van der Waals surface area contributed by atoms with Crippen molar-refractivity contribution in [3.63, 3.8) is 0 Å². The Balaban J connectivity index is 1.66. The van der Waals surface area contributed by atoms with Crippen LogP contribution in [0.1, 0.15) is 15.9 Å². The number of ketones is 1. The number of hydrogen-bond acceptors (Lipinski definition) is 6. The lowest BCUT2D eigenvalue weighted by Gasteiger charge is -2.09. The molecule has 0 aliphatic carbocycles. The maximum Gasteiger partial charge on any atom is 0.534 e. The van der Waals surface area contributed by atoms with Gasteiger partial charge in [0.15, 0.2) is 5.76 Å². The van der Waals surface area contributed by atoms with Crippen molar-refractivity contribution in [1.29, 1.82) is 0 Å². The van der Waals surface area contributed by atoms with Gasteiger partial charge >= 0.3 is 15.6 Å². The molecule has 0 saturated carbocycles. The predicted molar refractivity (Wildman–Crippen MR) is 99.8 cm³/mol. The van der Waals surface area contributed by atoms with Crippen LogP contribution in [0.25, 0.3) is 17.0 Å². The van der Waals surface area contributed by atoms with Gasteiger partial charge in [-0.3, -0.25) is 4.79 Å². The summed E-state index contributed by atoms with van der Waals surface area (Å²) in [7, 11) is -4.32. The van der Waals surface area contributed by atoms with Gasteiger partial charge in [-0.1, -0.05) is 0 Å². The van der Waals surface area contributed by atoms with Crippen LogP contribution in [-0.2, 0) is 10.1 Å². The summed E-state index contributed by atoms with van der Waals surface area (Å²) in [6.07, 6.45) is 3.12. The fourth-order valence-electron chi connectivity index (χ4n) is 2.90. The fraction of sp³-hybridized carbons (Fsp3) is 0.105. The molecule has 11 heteroatoms. The molecule has 2 aromatic carbocycles. The number of benzene rings is 2. The van der Waals surface area contributed by atoms with Crippen molar-refractivity contribution in [2.45, 2.75) is 5.51 Å². The minimum absolute atomic E-state index is 0.0652. The minimum Gasteiger partial charge on any atom is -0.497 e. The first-order chi connectivity index (χ1) is 14.1. The number of carbonyl (C=O) groups excluding carboxylic acids is 1. The van der Waals surface area contributed by atoms with E-state index in [1.807, 2.05) is 0 Å². The predicted octanol–water partition coefficient (Wildman–Crippen LogP) is 4.02. The number of hydrogen-bond donors (Lipinski definition) is 1. The number of ether oxygens (including phenoxy) is 2. The largest absolute Gasteiger partial charge is 0.534 e. The molecule has 0 bridgehead atoms. The molecule has 4 rings (SSSR count). The number of halogens is 3. The van der Waals surface area contributed by atoms with E-state index in [0.717, 1.165) is 29.1 Å². The van der Waals surface area contributed by atoms with E-state index >= 15 is 0 Å². The topological polar surface area (TPSA) is 94.7 Å². The van der Waals surface area contributed by atoms with Gasteiger partial charge in [-0.2, -0.15) is 21.6 Å². The molecule has 156 valence electrons. The minimum atomic E-state index is -5.84. The van der Waals surface area contributed by atoms with Gasteiger partial charge in [0.25, 0.3) is 0 Å². The number of methoxy groups -OCH3 is 1. The zero-order chi connectivity index (χ0) is 21.7. The smallest absolute Gasteiger partial charge is 0.497 e. The van der Waals surface area contributed by atoms with Gasteiger partial charge < -0.3 is 18.6 Å². The van der Waals surface area contributed by atoms with Crippen molar-refractivity contribution in [3.05, 3.63) is 59.5 Å². The van der Waals surface area contributed by atoms with Crippen LogP contribution in [-0.4, -0.2) is 31.8 Å². The van der Waals surface area contributed by atoms with E-state index in [2.05, 4.69) is 9.17 Å². The fourth-order valence-corrected chi connectivity index (χ4v) is 3.35. The average Bonchev–Trinajstić information content (AvgIpc) is 3.21. The first kappa shape index (κ1) is 19.8. The summed E-state index contributed by atoms with van der Waals surface area (Å²) < 4.78 is 74.5. The lowest BCUT2D eigenvalue weighted by molar-refractivity contribution is -0.0500. The Hall–Kier alpha value is -3.47. The second kappa shape index (κ2) is 6.80. The molecular weight excluding hydrogens is 427 g/mol. The van der Waals surface area contributed by atoms with Crippen LogP contribution >= 0.6 is 0 Å². The second-order valence-corrected chi connectivity index (χ2v) is 7.77. The molecule has 0 fully saturated rings. The number of aromatic amines is 1. The highest BCUT2D eigenvalue weighted by Crippen LogP contribution is 2.37. The third-order valence-corrected chi connectivity index (χ3v) is 5.32. The van der Waals surface area contributed by atoms with Crippen LogP contribution in [0.4, 0.5) is 13.2 Å². The highest BCUT2D eigenvalue weighted by molar-refractivity contribution is 7.88. The van der Waals surface area contributed by atoms with Gasteiger partial charge in [-0.05, 0) is 36.4 Å². The van der Waals surface area contributed by atoms with E-state index in [0.29, 0.717) is 11.3 Å². The number of Topliss-reactive ketones (excluding diaryl/α,β-unsaturated/α-hetero) is 1. The van der Waals surface area contributed by atoms with Crippen LogP contribution in [0.5, 0.6) is 17.2 Å². The summed E-state index contributed by atoms with van der Waals surface area (Å²) in [5.74, 6) is -0.719. The molecule has 1 aliphatic heterocycles. The molecule has 1 aromatic heterocycles. The van der Waals surface area contributed by atoms with E-state index in [-0.39, 0.29) is 17.1 Å². The van der Waals surface area contributed by atoms with Gasteiger partial charge in [0.1, 0.15) is 17.2 Å². The van der Waals surface area contributed by atoms with Gasteiger partial charge in [0, 0.05) is 28.7 Å². The van der Waals surface area contributed by atoms with Crippen LogP contribution < -0.4 is 13.7 Å². The summed E-state index contributed by atoms with van der Waals surface area (Å²) >= 11 is 0. The number of rotatable bonds is 4. The molecule has 0 atom stereocenters. The van der Waals surface area contributed by atoms with Gasteiger partial charge in [-0.25, -0.2) is 0 Å². The summed E-state index contributed by atoms with van der Waals surface area (Å²) in [5, 5.41) is 0.759. The zero-order valence-corrected chi connectivity index (χ0v) is 15.9. The Morgan fingerprint density at radius 1 is 1.10 bits per heavy atom. The molecule has 1 aliphatic rings. The highest BCUT2D eigenvalue weighted by Gasteiger charge is 2.48. The standard InChI is InChI=1S/C19H12F3NO6S/c1-27-11-3-5-15-14(7-11)10(9-23-15)6-17-18(24)13-4-2-12(8-16(13)28-17)29-30(25,26)19(20,21)22/h2-9,23H,1H3/b17-6+. The molecule has 7 nitrogen and oxygen atoms in total. The summed E-state index contributed by atoms with van der Waals surface area (Å²) in [4.78, 5) is 15.6. The lowest BCUT2D eigenvalue weighted by Crippen LogP contribution is -2.28. The van der Waals surface area contributed by atoms with Crippen molar-refractivity contribution in [1.82, 2.24) is 4.98 Å². The van der Waals surface area contributed by atoms with Crippen LogP contribution in [0.3, 0.4) is 0 Å². The van der Waals surface area contributed by atoms with Crippen molar-refractivity contribution in [3.8, 4) is 17.2 Å². The normalized spacial score (nSPS) is 15.3. The van der Waals surface area contributed by atoms with E-state index in [9.17, 15) is 26.4 Å². The Morgan fingerprint density at radius 3 is 2.53 bits per heavy atom. The first-order valence-electron chi connectivity index (χ1n) is 8.33. The summed E-state index contributed by atoms with van der Waals surface area (Å²) in [6, 6.07) is 8.32. The molecule has 2 heterocycles.